The first-order chi connectivity index (χ1) is 16.5. The lowest BCUT2D eigenvalue weighted by Crippen LogP contribution is -2.15. The van der Waals surface area contributed by atoms with E-state index in [0.29, 0.717) is 11.1 Å². The Balaban J connectivity index is 1.32. The lowest BCUT2D eigenvalue weighted by Gasteiger charge is -2.11. The summed E-state index contributed by atoms with van der Waals surface area (Å²) in [4.78, 5) is 29.2. The number of ketones is 1. The molecule has 1 aliphatic carbocycles. The molecule has 2 aromatic heterocycles. The number of hydrogen-bond donors (Lipinski definition) is 1. The minimum Gasteiger partial charge on any atom is -0.497 e. The molecule has 5 rings (SSSR count). The molecule has 4 aromatic rings. The fourth-order valence-electron chi connectivity index (χ4n) is 5.00. The first-order valence-electron chi connectivity index (χ1n) is 11.6. The number of nitrogens with one attached hydrogen (secondary N) is 1. The van der Waals surface area contributed by atoms with Crippen molar-refractivity contribution < 1.29 is 19.1 Å². The van der Waals surface area contributed by atoms with Crippen molar-refractivity contribution in [2.24, 2.45) is 0 Å². The topological polar surface area (TPSA) is 73.3 Å². The standard InChI is InChI=1S/C28H28N2O4/c1-17-14-23(18(2)30(17)20-9-11-21(33-3)12-10-20)27(31)16-34-28(32)19-8-13-26-24(15-19)22-6-4-5-7-25(22)29-26/h8-15,29H,4-7,16H2,1-3H3. The van der Waals surface area contributed by atoms with Crippen LogP contribution in [0.25, 0.3) is 16.6 Å². The Morgan fingerprint density at radius 3 is 2.53 bits per heavy atom. The van der Waals surface area contributed by atoms with E-state index in [1.54, 1.807) is 13.2 Å². The number of esters is 1. The van der Waals surface area contributed by atoms with Gasteiger partial charge in [-0.15, -0.1) is 0 Å². The molecule has 1 aliphatic rings. The van der Waals surface area contributed by atoms with E-state index in [9.17, 15) is 9.59 Å². The molecular formula is C28H28N2O4. The predicted molar refractivity (Wildman–Crippen MR) is 131 cm³/mol. The van der Waals surface area contributed by atoms with Crippen molar-refractivity contribution in [1.82, 2.24) is 9.55 Å². The molecule has 2 heterocycles. The normalized spacial score (nSPS) is 13.0. The highest BCUT2D eigenvalue weighted by Gasteiger charge is 2.20. The number of fused-ring (bicyclic) bond motifs is 3. The van der Waals surface area contributed by atoms with Gasteiger partial charge in [-0.05, 0) is 93.6 Å². The maximum atomic E-state index is 12.9. The van der Waals surface area contributed by atoms with Crippen LogP contribution in [0.4, 0.5) is 0 Å². The molecule has 1 N–H and O–H groups in total. The zero-order valence-electron chi connectivity index (χ0n) is 19.7. The number of aromatic nitrogens is 2. The van der Waals surface area contributed by atoms with Gasteiger partial charge in [0.25, 0.3) is 0 Å². The lowest BCUT2D eigenvalue weighted by atomic mass is 9.95. The summed E-state index contributed by atoms with van der Waals surface area (Å²) in [6.45, 7) is 3.55. The van der Waals surface area contributed by atoms with E-state index < -0.39 is 5.97 Å². The third-order valence-corrected chi connectivity index (χ3v) is 6.73. The van der Waals surface area contributed by atoms with Gasteiger partial charge in [-0.1, -0.05) is 0 Å². The molecule has 0 bridgehead atoms. The Labute approximate surface area is 198 Å². The monoisotopic (exact) mass is 456 g/mol. The maximum Gasteiger partial charge on any atom is 0.338 e. The predicted octanol–water partition coefficient (Wildman–Crippen LogP) is 5.50. The minimum atomic E-state index is -0.482. The van der Waals surface area contributed by atoms with E-state index in [2.05, 4.69) is 4.98 Å². The molecule has 0 atom stereocenters. The summed E-state index contributed by atoms with van der Waals surface area (Å²) in [7, 11) is 1.63. The van der Waals surface area contributed by atoms with Crippen molar-refractivity contribution in [3.05, 3.63) is 82.3 Å². The first-order valence-corrected chi connectivity index (χ1v) is 11.6. The largest absolute Gasteiger partial charge is 0.497 e. The number of methoxy groups -OCH3 is 1. The number of ether oxygens (including phenoxy) is 2. The van der Waals surface area contributed by atoms with Crippen molar-refractivity contribution in [2.45, 2.75) is 39.5 Å². The van der Waals surface area contributed by atoms with Crippen LogP contribution in [0.1, 0.15) is 56.2 Å². The van der Waals surface area contributed by atoms with Crippen LogP contribution >= 0.6 is 0 Å². The molecular weight excluding hydrogens is 428 g/mol. The summed E-state index contributed by atoms with van der Waals surface area (Å²) in [6.07, 6.45) is 4.43. The van der Waals surface area contributed by atoms with Gasteiger partial charge in [-0.25, -0.2) is 4.79 Å². The average molecular weight is 457 g/mol. The zero-order valence-corrected chi connectivity index (χ0v) is 19.7. The van der Waals surface area contributed by atoms with Gasteiger partial charge in [-0.3, -0.25) is 4.79 Å². The first kappa shape index (κ1) is 22.0. The summed E-state index contributed by atoms with van der Waals surface area (Å²) in [6, 6.07) is 15.1. The van der Waals surface area contributed by atoms with Crippen molar-refractivity contribution in [3.63, 3.8) is 0 Å². The highest BCUT2D eigenvalue weighted by molar-refractivity contribution is 6.01. The molecule has 6 heteroatoms. The molecule has 6 nitrogen and oxygen atoms in total. The van der Waals surface area contributed by atoms with E-state index in [1.165, 1.54) is 17.7 Å². The molecule has 0 aliphatic heterocycles. The van der Waals surface area contributed by atoms with Crippen molar-refractivity contribution in [2.75, 3.05) is 13.7 Å². The number of rotatable bonds is 6. The molecule has 2 aromatic carbocycles. The number of nitrogens with zero attached hydrogens (tertiary/aromatic N) is 1. The third-order valence-electron chi connectivity index (χ3n) is 6.73. The molecule has 0 fully saturated rings. The molecule has 0 saturated heterocycles. The third kappa shape index (κ3) is 3.89. The van der Waals surface area contributed by atoms with Crippen LogP contribution in [0, 0.1) is 13.8 Å². The summed E-state index contributed by atoms with van der Waals surface area (Å²) < 4.78 is 12.7. The number of carbonyl (C=O) groups is 2. The van der Waals surface area contributed by atoms with E-state index in [4.69, 9.17) is 9.47 Å². The Kier molecular flexibility index (Phi) is 5.74. The Bertz CT molecular complexity index is 1390. The lowest BCUT2D eigenvalue weighted by molar-refractivity contribution is 0.0474. The minimum absolute atomic E-state index is 0.221. The van der Waals surface area contributed by atoms with Crippen LogP contribution in [0.3, 0.4) is 0 Å². The number of Topliss-reactive ketones (excluding diaryl/α,β-unsaturated/α-hetero) is 1. The second kappa shape index (κ2) is 8.86. The second-order valence-corrected chi connectivity index (χ2v) is 8.87. The number of hydrogen-bond acceptors (Lipinski definition) is 4. The van der Waals surface area contributed by atoms with Crippen molar-refractivity contribution >= 4 is 22.7 Å². The number of aromatic amines is 1. The summed E-state index contributed by atoms with van der Waals surface area (Å²) in [5.74, 6) is 0.0686. The molecule has 34 heavy (non-hydrogen) atoms. The SMILES string of the molecule is COc1ccc(-n2c(C)cc(C(=O)COC(=O)c3ccc4[nH]c5c(c4c3)CCCC5)c2C)cc1. The van der Waals surface area contributed by atoms with Gasteiger partial charge in [0, 0.05) is 39.2 Å². The van der Waals surface area contributed by atoms with E-state index in [1.807, 2.05) is 60.9 Å². The van der Waals surface area contributed by atoms with Crippen LogP contribution in [0.15, 0.2) is 48.5 Å². The van der Waals surface area contributed by atoms with Crippen molar-refractivity contribution in [3.8, 4) is 11.4 Å². The van der Waals surface area contributed by atoms with Crippen LogP contribution in [0.2, 0.25) is 0 Å². The van der Waals surface area contributed by atoms with Crippen LogP contribution in [-0.2, 0) is 17.6 Å². The van der Waals surface area contributed by atoms with E-state index >= 15 is 0 Å². The summed E-state index contributed by atoms with van der Waals surface area (Å²) >= 11 is 0. The summed E-state index contributed by atoms with van der Waals surface area (Å²) in [5.41, 5.74) is 7.32. The molecule has 0 radical (unpaired) electrons. The number of carbonyl (C=O) groups excluding carboxylic acids is 2. The summed E-state index contributed by atoms with van der Waals surface area (Å²) in [5, 5.41) is 1.08. The molecule has 0 amide bonds. The Hall–Kier alpha value is -3.80. The highest BCUT2D eigenvalue weighted by atomic mass is 16.5. The molecule has 0 unspecified atom stereocenters. The highest BCUT2D eigenvalue weighted by Crippen LogP contribution is 2.30. The van der Waals surface area contributed by atoms with Crippen LogP contribution < -0.4 is 4.74 Å². The molecule has 174 valence electrons. The van der Waals surface area contributed by atoms with Crippen LogP contribution in [0.5, 0.6) is 5.75 Å². The number of aryl methyl sites for hydroxylation is 3. The second-order valence-electron chi connectivity index (χ2n) is 8.87. The van der Waals surface area contributed by atoms with Crippen molar-refractivity contribution in [1.29, 1.82) is 0 Å². The fraction of sp³-hybridized carbons (Fsp3) is 0.286. The van der Waals surface area contributed by atoms with Gasteiger partial charge < -0.3 is 19.0 Å². The van der Waals surface area contributed by atoms with Gasteiger partial charge in [0.05, 0.1) is 12.7 Å². The van der Waals surface area contributed by atoms with Crippen LogP contribution in [-0.4, -0.2) is 35.0 Å². The maximum absolute atomic E-state index is 12.9. The number of benzene rings is 2. The smallest absolute Gasteiger partial charge is 0.338 e. The molecule has 0 spiro atoms. The Morgan fingerprint density at radius 1 is 1.00 bits per heavy atom. The van der Waals surface area contributed by atoms with E-state index in [0.717, 1.165) is 53.0 Å². The Morgan fingerprint density at radius 2 is 1.76 bits per heavy atom. The van der Waals surface area contributed by atoms with Gasteiger partial charge in [0.15, 0.2) is 6.61 Å². The van der Waals surface area contributed by atoms with Gasteiger partial charge in [0.1, 0.15) is 5.75 Å². The fourth-order valence-corrected chi connectivity index (χ4v) is 5.00. The zero-order chi connectivity index (χ0) is 23.8. The number of H-pyrrole nitrogens is 1. The van der Waals surface area contributed by atoms with Gasteiger partial charge in [0.2, 0.25) is 5.78 Å². The quantitative estimate of drug-likeness (QED) is 0.307. The molecule has 0 saturated carbocycles. The van der Waals surface area contributed by atoms with Gasteiger partial charge >= 0.3 is 5.97 Å². The average Bonchev–Trinajstić information content (AvgIpc) is 3.38. The van der Waals surface area contributed by atoms with Gasteiger partial charge in [-0.2, -0.15) is 0 Å². The van der Waals surface area contributed by atoms with E-state index in [-0.39, 0.29) is 12.4 Å².